The number of halogens is 4. The summed E-state index contributed by atoms with van der Waals surface area (Å²) in [6, 6.07) is 2.80. The second-order valence-corrected chi connectivity index (χ2v) is 5.47. The topological polar surface area (TPSA) is 22.0 Å². The Morgan fingerprint density at radius 3 is 2.24 bits per heavy atom. The molecule has 0 aliphatic heterocycles. The molecule has 0 amide bonds. The molecular weight excluding hydrogens is 303 g/mol. The number of rotatable bonds is 3. The summed E-state index contributed by atoms with van der Waals surface area (Å²) in [7, 11) is 0. The maximum absolute atomic E-state index is 13.9. The molecule has 1 aromatic carbocycles. The molecule has 6 heteroatoms. The number of nitrogens with zero attached hydrogens (tertiary/aromatic N) is 1. The Morgan fingerprint density at radius 2 is 1.67 bits per heavy atom. The standard InChI is InChI=1S/C15H13ClF3NO/c1-7-4-10(15(21)8(2)16)9(3)20(7)14-6-12(18)11(17)5-13(14)19/h4-6,8H,1-3H3. The van der Waals surface area contributed by atoms with Gasteiger partial charge in [0.1, 0.15) is 5.82 Å². The maximum Gasteiger partial charge on any atom is 0.182 e. The van der Waals surface area contributed by atoms with Crippen LogP contribution in [-0.2, 0) is 0 Å². The summed E-state index contributed by atoms with van der Waals surface area (Å²) in [5, 5.41) is -0.728. The van der Waals surface area contributed by atoms with Crippen LogP contribution in [0.25, 0.3) is 5.69 Å². The van der Waals surface area contributed by atoms with E-state index in [-0.39, 0.29) is 11.5 Å². The van der Waals surface area contributed by atoms with Gasteiger partial charge in [-0.3, -0.25) is 4.79 Å². The van der Waals surface area contributed by atoms with Crippen LogP contribution in [0.3, 0.4) is 0 Å². The predicted molar refractivity (Wildman–Crippen MR) is 74.8 cm³/mol. The summed E-state index contributed by atoms with van der Waals surface area (Å²) in [4.78, 5) is 12.0. The highest BCUT2D eigenvalue weighted by Crippen LogP contribution is 2.26. The number of ketones is 1. The number of hydrogen-bond acceptors (Lipinski definition) is 1. The number of hydrogen-bond donors (Lipinski definition) is 0. The van der Waals surface area contributed by atoms with Crippen molar-refractivity contribution >= 4 is 17.4 Å². The molecule has 0 spiro atoms. The molecule has 21 heavy (non-hydrogen) atoms. The maximum atomic E-state index is 13.9. The van der Waals surface area contributed by atoms with E-state index >= 15 is 0 Å². The van der Waals surface area contributed by atoms with Crippen LogP contribution in [0.1, 0.15) is 28.7 Å². The average Bonchev–Trinajstić information content (AvgIpc) is 2.68. The number of alkyl halides is 1. The Kier molecular flexibility index (Phi) is 4.14. The summed E-state index contributed by atoms with van der Waals surface area (Å²) in [5.74, 6) is -3.63. The van der Waals surface area contributed by atoms with E-state index in [0.717, 1.165) is 6.07 Å². The minimum absolute atomic E-state index is 0.148. The second-order valence-electron chi connectivity index (χ2n) is 4.82. The lowest BCUT2D eigenvalue weighted by Gasteiger charge is -2.11. The minimum Gasteiger partial charge on any atom is -0.315 e. The average molecular weight is 316 g/mol. The Balaban J connectivity index is 2.66. The highest BCUT2D eigenvalue weighted by atomic mass is 35.5. The van der Waals surface area contributed by atoms with Crippen molar-refractivity contribution in [2.24, 2.45) is 0 Å². The van der Waals surface area contributed by atoms with E-state index in [4.69, 9.17) is 11.6 Å². The fraction of sp³-hybridized carbons (Fsp3) is 0.267. The lowest BCUT2D eigenvalue weighted by atomic mass is 10.1. The summed E-state index contributed by atoms with van der Waals surface area (Å²) in [5.41, 5.74) is 1.14. The molecular formula is C15H13ClF3NO. The quantitative estimate of drug-likeness (QED) is 0.469. The molecule has 0 bridgehead atoms. The molecule has 112 valence electrons. The van der Waals surface area contributed by atoms with Crippen LogP contribution in [0.15, 0.2) is 18.2 Å². The molecule has 1 heterocycles. The molecule has 0 radical (unpaired) electrons. The van der Waals surface area contributed by atoms with Gasteiger partial charge in [-0.25, -0.2) is 13.2 Å². The summed E-state index contributed by atoms with van der Waals surface area (Å²) >= 11 is 5.78. The number of carbonyl (C=O) groups is 1. The molecule has 2 nitrogen and oxygen atoms in total. The number of aryl methyl sites for hydroxylation is 1. The van der Waals surface area contributed by atoms with Crippen LogP contribution in [0.5, 0.6) is 0 Å². The third kappa shape index (κ3) is 2.70. The monoisotopic (exact) mass is 315 g/mol. The van der Waals surface area contributed by atoms with Crippen LogP contribution in [-0.4, -0.2) is 15.7 Å². The van der Waals surface area contributed by atoms with Crippen molar-refractivity contribution in [3.05, 3.63) is 52.6 Å². The van der Waals surface area contributed by atoms with Crippen LogP contribution in [0.4, 0.5) is 13.2 Å². The normalized spacial score (nSPS) is 12.5. The van der Waals surface area contributed by atoms with Gasteiger partial charge < -0.3 is 4.57 Å². The molecule has 0 N–H and O–H groups in total. The third-order valence-electron chi connectivity index (χ3n) is 3.29. The number of aromatic nitrogens is 1. The smallest absolute Gasteiger partial charge is 0.182 e. The molecule has 0 aliphatic carbocycles. The Hall–Kier alpha value is -1.75. The molecule has 0 saturated heterocycles. The Morgan fingerprint density at radius 1 is 1.10 bits per heavy atom. The van der Waals surface area contributed by atoms with E-state index < -0.39 is 22.8 Å². The molecule has 0 aliphatic rings. The zero-order chi connectivity index (χ0) is 15.9. The molecule has 1 atom stereocenters. The van der Waals surface area contributed by atoms with Gasteiger partial charge in [0.05, 0.1) is 11.1 Å². The first kappa shape index (κ1) is 15.6. The molecule has 1 unspecified atom stereocenters. The van der Waals surface area contributed by atoms with E-state index in [0.29, 0.717) is 23.0 Å². The summed E-state index contributed by atoms with van der Waals surface area (Å²) in [6.07, 6.45) is 0. The number of Topliss-reactive ketones (excluding diaryl/α,β-unsaturated/α-hetero) is 1. The van der Waals surface area contributed by atoms with Gasteiger partial charge in [-0.05, 0) is 26.8 Å². The van der Waals surface area contributed by atoms with Gasteiger partial charge >= 0.3 is 0 Å². The van der Waals surface area contributed by atoms with E-state index in [1.54, 1.807) is 19.9 Å². The van der Waals surface area contributed by atoms with Gasteiger partial charge in [0.15, 0.2) is 17.4 Å². The van der Waals surface area contributed by atoms with Gasteiger partial charge in [-0.2, -0.15) is 0 Å². The summed E-state index contributed by atoms with van der Waals surface area (Å²) < 4.78 is 41.7. The van der Waals surface area contributed by atoms with Crippen molar-refractivity contribution in [1.29, 1.82) is 0 Å². The highest BCUT2D eigenvalue weighted by molar-refractivity contribution is 6.33. The van der Waals surface area contributed by atoms with Gasteiger partial charge in [0.2, 0.25) is 0 Å². The van der Waals surface area contributed by atoms with Gasteiger partial charge in [0.25, 0.3) is 0 Å². The van der Waals surface area contributed by atoms with Gasteiger partial charge in [-0.1, -0.05) is 0 Å². The Bertz CT molecular complexity index is 722. The SMILES string of the molecule is Cc1cc(C(=O)C(C)Cl)c(C)n1-c1cc(F)c(F)cc1F. The first-order chi connectivity index (χ1) is 9.73. The van der Waals surface area contributed by atoms with E-state index in [1.807, 2.05) is 0 Å². The lowest BCUT2D eigenvalue weighted by Crippen LogP contribution is -2.12. The van der Waals surface area contributed by atoms with E-state index in [1.165, 1.54) is 11.5 Å². The van der Waals surface area contributed by atoms with Crippen molar-refractivity contribution in [1.82, 2.24) is 4.57 Å². The van der Waals surface area contributed by atoms with Crippen LogP contribution >= 0.6 is 11.6 Å². The third-order valence-corrected chi connectivity index (χ3v) is 3.49. The van der Waals surface area contributed by atoms with Gasteiger partial charge in [-0.15, -0.1) is 11.6 Å². The zero-order valence-electron chi connectivity index (χ0n) is 11.7. The Labute approximate surface area is 125 Å². The minimum atomic E-state index is -1.26. The predicted octanol–water partition coefficient (Wildman–Crippen LogP) is 4.32. The van der Waals surface area contributed by atoms with Crippen LogP contribution in [0, 0.1) is 31.3 Å². The van der Waals surface area contributed by atoms with Crippen LogP contribution in [0.2, 0.25) is 0 Å². The van der Waals surface area contributed by atoms with E-state index in [2.05, 4.69) is 0 Å². The van der Waals surface area contributed by atoms with Crippen molar-refractivity contribution in [3.63, 3.8) is 0 Å². The molecule has 0 saturated carbocycles. The highest BCUT2D eigenvalue weighted by Gasteiger charge is 2.22. The first-order valence-corrected chi connectivity index (χ1v) is 6.69. The van der Waals surface area contributed by atoms with E-state index in [9.17, 15) is 18.0 Å². The van der Waals surface area contributed by atoms with Gasteiger partial charge in [0, 0.05) is 29.1 Å². The lowest BCUT2D eigenvalue weighted by molar-refractivity contribution is 0.0991. The second kappa shape index (κ2) is 5.56. The number of benzene rings is 1. The fourth-order valence-electron chi connectivity index (χ4n) is 2.28. The van der Waals surface area contributed by atoms with Crippen molar-refractivity contribution in [2.75, 3.05) is 0 Å². The number of carbonyl (C=O) groups excluding carboxylic acids is 1. The summed E-state index contributed by atoms with van der Waals surface area (Å²) in [6.45, 7) is 4.78. The first-order valence-electron chi connectivity index (χ1n) is 6.26. The zero-order valence-corrected chi connectivity index (χ0v) is 12.4. The van der Waals surface area contributed by atoms with Crippen molar-refractivity contribution < 1.29 is 18.0 Å². The molecule has 1 aromatic heterocycles. The molecule has 0 fully saturated rings. The van der Waals surface area contributed by atoms with Crippen molar-refractivity contribution in [3.8, 4) is 5.69 Å². The fourth-order valence-corrected chi connectivity index (χ4v) is 2.40. The van der Waals surface area contributed by atoms with Crippen LogP contribution < -0.4 is 0 Å². The van der Waals surface area contributed by atoms with Crippen molar-refractivity contribution in [2.45, 2.75) is 26.1 Å². The largest absolute Gasteiger partial charge is 0.315 e. The molecule has 2 aromatic rings. The molecule has 2 rings (SSSR count).